The normalized spacial score (nSPS) is 20.9. The van der Waals surface area contributed by atoms with Gasteiger partial charge in [0.25, 0.3) is 0 Å². The molecule has 0 saturated heterocycles. The average Bonchev–Trinajstić information content (AvgIpc) is 3.11. The molecule has 2 amide bonds. The number of rotatable bonds is 8. The molecule has 1 fully saturated rings. The highest BCUT2D eigenvalue weighted by Crippen LogP contribution is 2.28. The van der Waals surface area contributed by atoms with E-state index in [1.807, 2.05) is 6.92 Å². The quantitative estimate of drug-likeness (QED) is 0.654. The van der Waals surface area contributed by atoms with Gasteiger partial charge in [-0.2, -0.15) is 0 Å². The molecule has 1 saturated carbocycles. The van der Waals surface area contributed by atoms with Gasteiger partial charge in [-0.05, 0) is 25.7 Å². The topological polar surface area (TPSA) is 93.7 Å². The van der Waals surface area contributed by atoms with E-state index in [-0.39, 0.29) is 19.2 Å². The fourth-order valence-corrected chi connectivity index (χ4v) is 3.42. The van der Waals surface area contributed by atoms with Gasteiger partial charge in [0.1, 0.15) is 6.61 Å². The van der Waals surface area contributed by atoms with Crippen LogP contribution in [0.15, 0.2) is 11.3 Å². The lowest BCUT2D eigenvalue weighted by Crippen LogP contribution is -2.51. The van der Waals surface area contributed by atoms with E-state index in [9.17, 15) is 14.4 Å². The molecule has 2 N–H and O–H groups in total. The summed E-state index contributed by atoms with van der Waals surface area (Å²) in [6, 6.07) is -0.850. The summed E-state index contributed by atoms with van der Waals surface area (Å²) in [6.45, 7) is 3.69. The second kappa shape index (κ2) is 9.44. The first-order valence-corrected chi connectivity index (χ1v) is 9.18. The number of nitrogens with one attached hydrogen (secondary N) is 2. The van der Waals surface area contributed by atoms with Gasteiger partial charge in [0.2, 0.25) is 0 Å². The minimum atomic E-state index is -0.501. The Bertz CT molecular complexity index is 538. The summed E-state index contributed by atoms with van der Waals surface area (Å²) < 4.78 is 10.4. The Morgan fingerprint density at radius 1 is 1.16 bits per heavy atom. The average molecular weight is 352 g/mol. The summed E-state index contributed by atoms with van der Waals surface area (Å²) in [5.41, 5.74) is 0.635. The number of carbonyl (C=O) groups is 3. The van der Waals surface area contributed by atoms with Crippen LogP contribution in [0.25, 0.3) is 0 Å². The maximum atomic E-state index is 12.2. The minimum Gasteiger partial charge on any atom is -0.463 e. The van der Waals surface area contributed by atoms with Crippen molar-refractivity contribution in [1.29, 1.82) is 0 Å². The molecular weight excluding hydrogens is 324 g/mol. The summed E-state index contributed by atoms with van der Waals surface area (Å²) in [6.07, 6.45) is 6.61. The number of esters is 2. The lowest BCUT2D eigenvalue weighted by molar-refractivity contribution is -0.144. The highest BCUT2D eigenvalue weighted by molar-refractivity contribution is 5.94. The molecule has 0 aromatic heterocycles. The van der Waals surface area contributed by atoms with Crippen LogP contribution >= 0.6 is 0 Å². The summed E-state index contributed by atoms with van der Waals surface area (Å²) in [7, 11) is 0. The van der Waals surface area contributed by atoms with Crippen LogP contribution in [0.5, 0.6) is 0 Å². The third-order valence-corrected chi connectivity index (χ3v) is 4.76. The standard InChI is InChI=1S/C18H28N2O5/c1-3-13-16(17(22)24-4-2)14(20-18(23)19-13)11-25-15(21)10-9-12-7-5-6-8-12/h12-13H,3-11H2,1-2H3,(H2,19,20,23)/t13-/m1/s1. The van der Waals surface area contributed by atoms with Crippen molar-refractivity contribution in [3.63, 3.8) is 0 Å². The van der Waals surface area contributed by atoms with E-state index in [1.165, 1.54) is 25.7 Å². The zero-order valence-electron chi connectivity index (χ0n) is 15.1. The summed E-state index contributed by atoms with van der Waals surface area (Å²) in [5, 5.41) is 5.26. The highest BCUT2D eigenvalue weighted by Gasteiger charge is 2.32. The molecule has 7 heteroatoms. The molecule has 0 unspecified atom stereocenters. The van der Waals surface area contributed by atoms with Crippen molar-refractivity contribution in [1.82, 2.24) is 10.6 Å². The van der Waals surface area contributed by atoms with Gasteiger partial charge in [0, 0.05) is 6.42 Å². The van der Waals surface area contributed by atoms with E-state index < -0.39 is 18.0 Å². The molecule has 1 atom stereocenters. The first kappa shape index (κ1) is 19.3. The van der Waals surface area contributed by atoms with Gasteiger partial charge >= 0.3 is 18.0 Å². The van der Waals surface area contributed by atoms with Gasteiger partial charge in [-0.1, -0.05) is 32.6 Å². The van der Waals surface area contributed by atoms with E-state index in [1.54, 1.807) is 6.92 Å². The van der Waals surface area contributed by atoms with Gasteiger partial charge < -0.3 is 20.1 Å². The van der Waals surface area contributed by atoms with E-state index in [4.69, 9.17) is 9.47 Å². The van der Waals surface area contributed by atoms with Crippen molar-refractivity contribution in [2.45, 2.75) is 64.8 Å². The molecule has 1 aliphatic carbocycles. The maximum absolute atomic E-state index is 12.2. The molecule has 0 bridgehead atoms. The second-order valence-electron chi connectivity index (χ2n) is 6.52. The lowest BCUT2D eigenvalue weighted by atomic mass is 10.0. The van der Waals surface area contributed by atoms with Gasteiger partial charge in [-0.3, -0.25) is 4.79 Å². The number of ether oxygens (including phenoxy) is 2. The number of hydrogen-bond donors (Lipinski definition) is 2. The van der Waals surface area contributed by atoms with E-state index >= 15 is 0 Å². The first-order valence-electron chi connectivity index (χ1n) is 9.18. The monoisotopic (exact) mass is 352 g/mol. The predicted molar refractivity (Wildman–Crippen MR) is 91.6 cm³/mol. The summed E-state index contributed by atoms with van der Waals surface area (Å²) >= 11 is 0. The first-order chi connectivity index (χ1) is 12.0. The Morgan fingerprint density at radius 3 is 2.52 bits per heavy atom. The van der Waals surface area contributed by atoms with Crippen molar-refractivity contribution >= 4 is 18.0 Å². The number of amides is 2. The molecule has 2 rings (SSSR count). The Morgan fingerprint density at radius 2 is 1.88 bits per heavy atom. The lowest BCUT2D eigenvalue weighted by Gasteiger charge is -2.28. The fraction of sp³-hybridized carbons (Fsp3) is 0.722. The zero-order chi connectivity index (χ0) is 18.2. The Labute approximate surface area is 148 Å². The highest BCUT2D eigenvalue weighted by atomic mass is 16.5. The molecule has 0 aromatic carbocycles. The van der Waals surface area contributed by atoms with Crippen LogP contribution in [0.3, 0.4) is 0 Å². The summed E-state index contributed by atoms with van der Waals surface area (Å²) in [4.78, 5) is 36.0. The largest absolute Gasteiger partial charge is 0.463 e. The van der Waals surface area contributed by atoms with Crippen LogP contribution in [0.4, 0.5) is 4.79 Å². The Balaban J connectivity index is 1.97. The fourth-order valence-electron chi connectivity index (χ4n) is 3.42. The number of carbonyl (C=O) groups excluding carboxylic acids is 3. The van der Waals surface area contributed by atoms with E-state index in [0.29, 0.717) is 30.0 Å². The third kappa shape index (κ3) is 5.47. The van der Waals surface area contributed by atoms with Crippen molar-refractivity contribution in [2.75, 3.05) is 13.2 Å². The molecule has 0 radical (unpaired) electrons. The smallest absolute Gasteiger partial charge is 0.338 e. The maximum Gasteiger partial charge on any atom is 0.338 e. The van der Waals surface area contributed by atoms with Gasteiger partial charge in [-0.25, -0.2) is 9.59 Å². The van der Waals surface area contributed by atoms with Crippen LogP contribution in [-0.2, 0) is 19.1 Å². The molecule has 1 heterocycles. The van der Waals surface area contributed by atoms with E-state index in [2.05, 4.69) is 10.6 Å². The third-order valence-electron chi connectivity index (χ3n) is 4.76. The molecule has 0 spiro atoms. The van der Waals surface area contributed by atoms with Crippen LogP contribution < -0.4 is 10.6 Å². The van der Waals surface area contributed by atoms with Crippen molar-refractivity contribution in [3.8, 4) is 0 Å². The predicted octanol–water partition coefficient (Wildman–Crippen LogP) is 2.41. The van der Waals surface area contributed by atoms with Crippen molar-refractivity contribution in [2.24, 2.45) is 5.92 Å². The molecule has 7 nitrogen and oxygen atoms in total. The van der Waals surface area contributed by atoms with Crippen molar-refractivity contribution in [3.05, 3.63) is 11.3 Å². The van der Waals surface area contributed by atoms with Crippen LogP contribution in [0, 0.1) is 5.92 Å². The van der Waals surface area contributed by atoms with Gasteiger partial charge in [-0.15, -0.1) is 0 Å². The minimum absolute atomic E-state index is 0.123. The molecule has 0 aromatic rings. The molecule has 1 aliphatic heterocycles. The Hall–Kier alpha value is -2.05. The second-order valence-corrected chi connectivity index (χ2v) is 6.52. The number of hydrogen-bond acceptors (Lipinski definition) is 5. The molecular formula is C18H28N2O5. The van der Waals surface area contributed by atoms with Crippen molar-refractivity contribution < 1.29 is 23.9 Å². The molecule has 2 aliphatic rings. The van der Waals surface area contributed by atoms with Gasteiger partial charge in [0.15, 0.2) is 0 Å². The van der Waals surface area contributed by atoms with Crippen LogP contribution in [-0.4, -0.2) is 37.2 Å². The molecule has 140 valence electrons. The van der Waals surface area contributed by atoms with Crippen LogP contribution in [0.1, 0.15) is 58.8 Å². The SMILES string of the molecule is CCOC(=O)C1=C(COC(=O)CCC2CCCC2)NC(=O)N[C@@H]1CC. The Kier molecular flexibility index (Phi) is 7.28. The van der Waals surface area contributed by atoms with Gasteiger partial charge in [0.05, 0.1) is 23.9 Å². The van der Waals surface area contributed by atoms with Crippen LogP contribution in [0.2, 0.25) is 0 Å². The zero-order valence-corrected chi connectivity index (χ0v) is 15.1. The molecule has 25 heavy (non-hydrogen) atoms. The van der Waals surface area contributed by atoms with E-state index in [0.717, 1.165) is 6.42 Å². The number of urea groups is 1. The summed E-state index contributed by atoms with van der Waals surface area (Å²) in [5.74, 6) is -0.188.